The van der Waals surface area contributed by atoms with Gasteiger partial charge in [0.1, 0.15) is 5.82 Å². The molecule has 0 amide bonds. The highest BCUT2D eigenvalue weighted by molar-refractivity contribution is 7.89. The Morgan fingerprint density at radius 3 is 2.72 bits per heavy atom. The fraction of sp³-hybridized carbons (Fsp3) is 0.417. The predicted molar refractivity (Wildman–Crippen MR) is 68.8 cm³/mol. The Morgan fingerprint density at radius 2 is 2.00 bits per heavy atom. The van der Waals surface area contributed by atoms with Crippen LogP contribution in [-0.4, -0.2) is 35.8 Å². The third-order valence-electron chi connectivity index (χ3n) is 3.27. The summed E-state index contributed by atoms with van der Waals surface area (Å²) in [5.41, 5.74) is 1.57. The molecule has 0 saturated carbocycles. The van der Waals surface area contributed by atoms with Crippen LogP contribution >= 0.6 is 0 Å². The number of sulfonamides is 1. The van der Waals surface area contributed by atoms with Crippen LogP contribution in [0.25, 0.3) is 11.0 Å². The number of hydrogen-bond donors (Lipinski definition) is 1. The molecule has 3 rings (SSSR count). The number of nitrogens with one attached hydrogen (secondary N) is 1. The van der Waals surface area contributed by atoms with Crippen molar-refractivity contribution >= 4 is 21.1 Å². The lowest BCUT2D eigenvalue weighted by molar-refractivity contribution is 0.477. The van der Waals surface area contributed by atoms with E-state index in [1.54, 1.807) is 22.5 Å². The quantitative estimate of drug-likeness (QED) is 0.898. The number of fused-ring (bicyclic) bond motifs is 1. The van der Waals surface area contributed by atoms with Crippen molar-refractivity contribution in [1.82, 2.24) is 14.3 Å². The third-order valence-corrected chi connectivity index (χ3v) is 5.17. The van der Waals surface area contributed by atoms with Gasteiger partial charge >= 0.3 is 0 Å². The number of nitrogens with zero attached hydrogens (tertiary/aromatic N) is 2. The van der Waals surface area contributed by atoms with Crippen LogP contribution in [0.5, 0.6) is 0 Å². The lowest BCUT2D eigenvalue weighted by Crippen LogP contribution is -2.27. The van der Waals surface area contributed by atoms with Gasteiger partial charge < -0.3 is 4.98 Å². The molecule has 0 spiro atoms. The summed E-state index contributed by atoms with van der Waals surface area (Å²) in [5.74, 6) is 0.792. The van der Waals surface area contributed by atoms with E-state index in [1.807, 2.05) is 6.92 Å². The maximum Gasteiger partial charge on any atom is 0.243 e. The molecule has 1 aromatic heterocycles. The second kappa shape index (κ2) is 4.07. The van der Waals surface area contributed by atoms with Crippen molar-refractivity contribution in [2.45, 2.75) is 24.7 Å². The van der Waals surface area contributed by atoms with Crippen LogP contribution in [0.3, 0.4) is 0 Å². The van der Waals surface area contributed by atoms with Crippen LogP contribution in [0.4, 0.5) is 0 Å². The van der Waals surface area contributed by atoms with Crippen LogP contribution in [0, 0.1) is 6.92 Å². The van der Waals surface area contributed by atoms with E-state index in [0.717, 1.165) is 29.7 Å². The Labute approximate surface area is 106 Å². The summed E-state index contributed by atoms with van der Waals surface area (Å²) < 4.78 is 26.3. The van der Waals surface area contributed by atoms with E-state index in [2.05, 4.69) is 9.97 Å². The summed E-state index contributed by atoms with van der Waals surface area (Å²) in [4.78, 5) is 7.69. The summed E-state index contributed by atoms with van der Waals surface area (Å²) >= 11 is 0. The molecule has 1 fully saturated rings. The molecular weight excluding hydrogens is 250 g/mol. The Kier molecular flexibility index (Phi) is 2.64. The zero-order chi connectivity index (χ0) is 12.8. The average Bonchev–Trinajstić information content (AvgIpc) is 2.95. The van der Waals surface area contributed by atoms with Crippen LogP contribution < -0.4 is 0 Å². The first-order chi connectivity index (χ1) is 8.57. The number of imidazole rings is 1. The van der Waals surface area contributed by atoms with Gasteiger partial charge in [-0.15, -0.1) is 0 Å². The SMILES string of the molecule is Cc1nc2ccc(S(=O)(=O)N3CCCC3)cc2[nH]1. The summed E-state index contributed by atoms with van der Waals surface area (Å²) in [6.45, 7) is 3.11. The molecule has 1 aliphatic rings. The van der Waals surface area contributed by atoms with Crippen molar-refractivity contribution in [3.8, 4) is 0 Å². The number of H-pyrrole nitrogens is 1. The second-order valence-corrected chi connectivity index (χ2v) is 6.55. The molecule has 0 radical (unpaired) electrons. The highest BCUT2D eigenvalue weighted by Gasteiger charge is 2.27. The van der Waals surface area contributed by atoms with E-state index in [-0.39, 0.29) is 0 Å². The summed E-state index contributed by atoms with van der Waals surface area (Å²) in [5, 5.41) is 0. The molecule has 0 aliphatic carbocycles. The molecule has 2 aromatic rings. The minimum absolute atomic E-state index is 0.348. The van der Waals surface area contributed by atoms with E-state index in [0.29, 0.717) is 18.0 Å². The standard InChI is InChI=1S/C12H15N3O2S/c1-9-13-11-5-4-10(8-12(11)14-9)18(16,17)15-6-2-3-7-15/h4-5,8H,2-3,6-7H2,1H3,(H,13,14). The van der Waals surface area contributed by atoms with Crippen LogP contribution in [0.2, 0.25) is 0 Å². The van der Waals surface area contributed by atoms with E-state index in [9.17, 15) is 8.42 Å². The Bertz CT molecular complexity index is 684. The molecule has 0 bridgehead atoms. The van der Waals surface area contributed by atoms with Gasteiger partial charge in [-0.05, 0) is 38.0 Å². The number of rotatable bonds is 2. The van der Waals surface area contributed by atoms with Gasteiger partial charge in [-0.25, -0.2) is 13.4 Å². The summed E-state index contributed by atoms with van der Waals surface area (Å²) in [6.07, 6.45) is 1.90. The van der Waals surface area contributed by atoms with E-state index in [4.69, 9.17) is 0 Å². The number of aromatic nitrogens is 2. The topological polar surface area (TPSA) is 66.1 Å². The Morgan fingerprint density at radius 1 is 1.28 bits per heavy atom. The van der Waals surface area contributed by atoms with E-state index < -0.39 is 10.0 Å². The van der Waals surface area contributed by atoms with Crippen molar-refractivity contribution in [1.29, 1.82) is 0 Å². The molecule has 96 valence electrons. The first kappa shape index (κ1) is 11.7. The first-order valence-corrected chi connectivity index (χ1v) is 7.48. The van der Waals surface area contributed by atoms with Crippen molar-refractivity contribution in [2.75, 3.05) is 13.1 Å². The fourth-order valence-electron chi connectivity index (χ4n) is 2.35. The van der Waals surface area contributed by atoms with Gasteiger partial charge in [-0.2, -0.15) is 4.31 Å². The fourth-order valence-corrected chi connectivity index (χ4v) is 3.90. The molecule has 6 heteroatoms. The average molecular weight is 265 g/mol. The molecule has 2 heterocycles. The minimum atomic E-state index is -3.34. The van der Waals surface area contributed by atoms with Gasteiger partial charge in [-0.1, -0.05) is 0 Å². The van der Waals surface area contributed by atoms with E-state index >= 15 is 0 Å². The lowest BCUT2D eigenvalue weighted by Gasteiger charge is -2.15. The maximum atomic E-state index is 12.4. The predicted octanol–water partition coefficient (Wildman–Crippen LogP) is 1.66. The smallest absolute Gasteiger partial charge is 0.243 e. The van der Waals surface area contributed by atoms with Crippen LogP contribution in [0.1, 0.15) is 18.7 Å². The highest BCUT2D eigenvalue weighted by atomic mass is 32.2. The number of aryl methyl sites for hydroxylation is 1. The molecule has 0 atom stereocenters. The molecule has 1 aromatic carbocycles. The zero-order valence-corrected chi connectivity index (χ0v) is 11.0. The molecule has 1 saturated heterocycles. The number of aromatic amines is 1. The van der Waals surface area contributed by atoms with Crippen molar-refractivity contribution in [2.24, 2.45) is 0 Å². The Hall–Kier alpha value is -1.40. The molecule has 18 heavy (non-hydrogen) atoms. The van der Waals surface area contributed by atoms with Crippen molar-refractivity contribution < 1.29 is 8.42 Å². The Balaban J connectivity index is 2.07. The van der Waals surface area contributed by atoms with Gasteiger partial charge in [-0.3, -0.25) is 0 Å². The van der Waals surface area contributed by atoms with E-state index in [1.165, 1.54) is 0 Å². The number of benzene rings is 1. The monoisotopic (exact) mass is 265 g/mol. The summed E-state index contributed by atoms with van der Waals surface area (Å²) in [7, 11) is -3.34. The lowest BCUT2D eigenvalue weighted by atomic mass is 10.3. The highest BCUT2D eigenvalue weighted by Crippen LogP contribution is 2.23. The molecule has 0 unspecified atom stereocenters. The molecule has 1 N–H and O–H groups in total. The van der Waals surface area contributed by atoms with Gasteiger partial charge in [0.2, 0.25) is 10.0 Å². The molecular formula is C12H15N3O2S. The van der Waals surface area contributed by atoms with Crippen LogP contribution in [0.15, 0.2) is 23.1 Å². The number of hydrogen-bond acceptors (Lipinski definition) is 3. The minimum Gasteiger partial charge on any atom is -0.342 e. The normalized spacial score (nSPS) is 17.6. The third kappa shape index (κ3) is 1.81. The maximum absolute atomic E-state index is 12.4. The van der Waals surface area contributed by atoms with Crippen molar-refractivity contribution in [3.63, 3.8) is 0 Å². The second-order valence-electron chi connectivity index (χ2n) is 4.61. The van der Waals surface area contributed by atoms with Gasteiger partial charge in [0, 0.05) is 13.1 Å². The largest absolute Gasteiger partial charge is 0.342 e. The van der Waals surface area contributed by atoms with Gasteiger partial charge in [0.25, 0.3) is 0 Å². The summed E-state index contributed by atoms with van der Waals surface area (Å²) in [6, 6.07) is 5.06. The molecule has 5 nitrogen and oxygen atoms in total. The zero-order valence-electron chi connectivity index (χ0n) is 10.2. The van der Waals surface area contributed by atoms with Crippen LogP contribution in [-0.2, 0) is 10.0 Å². The van der Waals surface area contributed by atoms with Gasteiger partial charge in [0.05, 0.1) is 15.9 Å². The van der Waals surface area contributed by atoms with Crippen molar-refractivity contribution in [3.05, 3.63) is 24.0 Å². The first-order valence-electron chi connectivity index (χ1n) is 6.04. The molecule has 1 aliphatic heterocycles. The van der Waals surface area contributed by atoms with Gasteiger partial charge in [0.15, 0.2) is 0 Å².